The second-order valence-electron chi connectivity index (χ2n) is 6.63. The Kier molecular flexibility index (Phi) is 3.34. The van der Waals surface area contributed by atoms with Gasteiger partial charge in [0.05, 0.1) is 0 Å². The topological polar surface area (TPSA) is 21.3 Å². The van der Waals surface area contributed by atoms with E-state index < -0.39 is 0 Å². The summed E-state index contributed by atoms with van der Waals surface area (Å²) in [4.78, 5) is 0. The predicted molar refractivity (Wildman–Crippen MR) is 86.8 cm³/mol. The van der Waals surface area contributed by atoms with Crippen LogP contribution >= 0.6 is 0 Å². The number of ether oxygens (including phenoxy) is 1. The van der Waals surface area contributed by atoms with E-state index >= 15 is 0 Å². The molecule has 2 nitrogen and oxygen atoms in total. The molecule has 0 unspecified atom stereocenters. The summed E-state index contributed by atoms with van der Waals surface area (Å²) in [5, 5.41) is 6.16. The summed E-state index contributed by atoms with van der Waals surface area (Å²) < 4.78 is 6.41. The first kappa shape index (κ1) is 13.1. The van der Waals surface area contributed by atoms with Crippen molar-refractivity contribution in [2.24, 2.45) is 0 Å². The Labute approximate surface area is 126 Å². The molecule has 2 saturated carbocycles. The van der Waals surface area contributed by atoms with Crippen molar-refractivity contribution in [1.29, 1.82) is 0 Å². The lowest BCUT2D eigenvalue weighted by atomic mass is 9.77. The number of hydrogen-bond donors (Lipinski definition) is 1. The Morgan fingerprint density at radius 2 is 1.86 bits per heavy atom. The largest absolute Gasteiger partial charge is 0.487 e. The Bertz CT molecular complexity index is 628. The van der Waals surface area contributed by atoms with Gasteiger partial charge < -0.3 is 10.1 Å². The van der Waals surface area contributed by atoms with Crippen LogP contribution in [0.2, 0.25) is 0 Å². The molecule has 1 N–H and O–H groups in total. The van der Waals surface area contributed by atoms with Gasteiger partial charge in [0, 0.05) is 6.04 Å². The fourth-order valence-electron chi connectivity index (χ4n) is 3.25. The van der Waals surface area contributed by atoms with Crippen LogP contribution in [0.3, 0.4) is 0 Å². The lowest BCUT2D eigenvalue weighted by molar-refractivity contribution is -0.0141. The van der Waals surface area contributed by atoms with E-state index in [4.69, 9.17) is 4.74 Å². The van der Waals surface area contributed by atoms with Crippen molar-refractivity contribution in [3.63, 3.8) is 0 Å². The molecule has 0 saturated heterocycles. The summed E-state index contributed by atoms with van der Waals surface area (Å²) in [6, 6.07) is 15.7. The van der Waals surface area contributed by atoms with Gasteiger partial charge in [0.2, 0.25) is 0 Å². The van der Waals surface area contributed by atoms with Crippen LogP contribution in [0.5, 0.6) is 5.75 Å². The second-order valence-corrected chi connectivity index (χ2v) is 6.63. The molecule has 2 aromatic carbocycles. The smallest absolute Gasteiger partial charge is 0.120 e. The molecule has 2 aliphatic rings. The number of nitrogens with one attached hydrogen (secondary N) is 1. The molecule has 110 valence electrons. The highest BCUT2D eigenvalue weighted by Crippen LogP contribution is 2.40. The van der Waals surface area contributed by atoms with E-state index in [-0.39, 0.29) is 5.60 Å². The van der Waals surface area contributed by atoms with Crippen LogP contribution < -0.4 is 10.1 Å². The quantitative estimate of drug-likeness (QED) is 0.853. The van der Waals surface area contributed by atoms with Gasteiger partial charge >= 0.3 is 0 Å². The van der Waals surface area contributed by atoms with Crippen molar-refractivity contribution >= 4 is 10.8 Å². The van der Waals surface area contributed by atoms with Gasteiger partial charge in [0.25, 0.3) is 0 Å². The third kappa shape index (κ3) is 2.91. The molecule has 2 aromatic rings. The highest BCUT2D eigenvalue weighted by molar-refractivity contribution is 5.83. The maximum absolute atomic E-state index is 6.41. The first-order valence-corrected chi connectivity index (χ1v) is 8.24. The summed E-state index contributed by atoms with van der Waals surface area (Å²) in [6.07, 6.45) is 7.56. The molecule has 2 heteroatoms. The highest BCUT2D eigenvalue weighted by Gasteiger charge is 2.39. The minimum Gasteiger partial charge on any atom is -0.487 e. The molecule has 2 aliphatic carbocycles. The second kappa shape index (κ2) is 5.34. The number of benzene rings is 2. The van der Waals surface area contributed by atoms with E-state index in [1.807, 2.05) is 0 Å². The van der Waals surface area contributed by atoms with Gasteiger partial charge in [-0.1, -0.05) is 30.3 Å². The van der Waals surface area contributed by atoms with Crippen LogP contribution in [-0.2, 0) is 0 Å². The third-order valence-electron chi connectivity index (χ3n) is 4.91. The van der Waals surface area contributed by atoms with Gasteiger partial charge in [0.1, 0.15) is 11.4 Å². The average Bonchev–Trinajstić information content (AvgIpc) is 3.28. The predicted octanol–water partition coefficient (Wildman–Crippen LogP) is 4.28. The molecular formula is C19H23NO. The monoisotopic (exact) mass is 281 g/mol. The SMILES string of the molecule is c1ccc2cc(OC3(CCNC4CC4)CCC3)ccc2c1. The average molecular weight is 281 g/mol. The van der Waals surface area contributed by atoms with Crippen LogP contribution in [0.25, 0.3) is 10.8 Å². The van der Waals surface area contributed by atoms with Crippen LogP contribution in [0.15, 0.2) is 42.5 Å². The standard InChI is InChI=1S/C19H23NO/c1-2-5-16-14-18(9-6-15(16)4-1)21-19(10-3-11-19)12-13-20-17-7-8-17/h1-2,4-6,9,14,17,20H,3,7-8,10-13H2. The van der Waals surface area contributed by atoms with Crippen molar-refractivity contribution in [2.45, 2.75) is 50.2 Å². The lowest BCUT2D eigenvalue weighted by Crippen LogP contribution is -2.45. The first-order valence-electron chi connectivity index (χ1n) is 8.24. The molecule has 2 fully saturated rings. The third-order valence-corrected chi connectivity index (χ3v) is 4.91. The minimum absolute atomic E-state index is 0.0876. The number of rotatable bonds is 6. The first-order chi connectivity index (χ1) is 10.3. The Morgan fingerprint density at radius 1 is 1.05 bits per heavy atom. The molecule has 0 aromatic heterocycles. The molecule has 4 rings (SSSR count). The normalized spacial score (nSPS) is 20.2. The molecule has 0 heterocycles. The van der Waals surface area contributed by atoms with E-state index in [0.717, 1.165) is 24.8 Å². The van der Waals surface area contributed by atoms with Gasteiger partial charge in [0.15, 0.2) is 0 Å². The van der Waals surface area contributed by atoms with Gasteiger partial charge in [-0.25, -0.2) is 0 Å². The summed E-state index contributed by atoms with van der Waals surface area (Å²) >= 11 is 0. The zero-order valence-corrected chi connectivity index (χ0v) is 12.5. The van der Waals surface area contributed by atoms with Crippen molar-refractivity contribution in [3.8, 4) is 5.75 Å². The molecular weight excluding hydrogens is 258 g/mol. The van der Waals surface area contributed by atoms with Crippen LogP contribution in [0.4, 0.5) is 0 Å². The Hall–Kier alpha value is -1.54. The fourth-order valence-corrected chi connectivity index (χ4v) is 3.25. The van der Waals surface area contributed by atoms with Crippen molar-refractivity contribution < 1.29 is 4.74 Å². The van der Waals surface area contributed by atoms with Crippen LogP contribution in [0.1, 0.15) is 38.5 Å². The van der Waals surface area contributed by atoms with Gasteiger partial charge in [-0.3, -0.25) is 0 Å². The summed E-state index contributed by atoms with van der Waals surface area (Å²) in [5.41, 5.74) is 0.0876. The molecule has 21 heavy (non-hydrogen) atoms. The molecule has 0 bridgehead atoms. The molecule has 0 aliphatic heterocycles. The molecule has 0 amide bonds. The highest BCUT2D eigenvalue weighted by atomic mass is 16.5. The van der Waals surface area contributed by atoms with E-state index in [2.05, 4.69) is 47.8 Å². The summed E-state index contributed by atoms with van der Waals surface area (Å²) in [6.45, 7) is 1.10. The Balaban J connectivity index is 1.45. The maximum atomic E-state index is 6.41. The van der Waals surface area contributed by atoms with Gasteiger partial charge in [-0.05, 0) is 68.0 Å². The zero-order chi connectivity index (χ0) is 14.1. The van der Waals surface area contributed by atoms with E-state index in [9.17, 15) is 0 Å². The van der Waals surface area contributed by atoms with E-state index in [1.165, 1.54) is 42.9 Å². The van der Waals surface area contributed by atoms with E-state index in [0.29, 0.717) is 0 Å². The van der Waals surface area contributed by atoms with Crippen molar-refractivity contribution in [2.75, 3.05) is 6.54 Å². The fraction of sp³-hybridized carbons (Fsp3) is 0.474. The van der Waals surface area contributed by atoms with Crippen molar-refractivity contribution in [1.82, 2.24) is 5.32 Å². The molecule has 0 spiro atoms. The minimum atomic E-state index is 0.0876. The van der Waals surface area contributed by atoms with Crippen LogP contribution in [-0.4, -0.2) is 18.2 Å². The summed E-state index contributed by atoms with van der Waals surface area (Å²) in [7, 11) is 0. The lowest BCUT2D eigenvalue weighted by Gasteiger charge is -2.42. The number of fused-ring (bicyclic) bond motifs is 1. The molecule has 0 radical (unpaired) electrons. The van der Waals surface area contributed by atoms with Gasteiger partial charge in [-0.15, -0.1) is 0 Å². The maximum Gasteiger partial charge on any atom is 0.120 e. The van der Waals surface area contributed by atoms with Crippen LogP contribution in [0, 0.1) is 0 Å². The Morgan fingerprint density at radius 3 is 2.57 bits per heavy atom. The van der Waals surface area contributed by atoms with Crippen molar-refractivity contribution in [3.05, 3.63) is 42.5 Å². The zero-order valence-electron chi connectivity index (χ0n) is 12.5. The van der Waals surface area contributed by atoms with Gasteiger partial charge in [-0.2, -0.15) is 0 Å². The number of hydrogen-bond acceptors (Lipinski definition) is 2. The summed E-state index contributed by atoms with van der Waals surface area (Å²) in [5.74, 6) is 1.03. The van der Waals surface area contributed by atoms with E-state index in [1.54, 1.807) is 0 Å². The molecule has 0 atom stereocenters.